The smallest absolute Gasteiger partial charge is 0.293 e. The second-order valence-corrected chi connectivity index (χ2v) is 9.87. The number of benzene rings is 2. The first-order valence-corrected chi connectivity index (χ1v) is 12.4. The third kappa shape index (κ3) is 4.64. The molecule has 0 radical (unpaired) electrons. The first-order chi connectivity index (χ1) is 16.8. The first-order valence-electron chi connectivity index (χ1n) is 10.5. The number of aryl methyl sites for hydroxylation is 1. The number of ether oxygens (including phenoxy) is 2. The van der Waals surface area contributed by atoms with E-state index in [-0.39, 0.29) is 22.0 Å². The number of aromatic nitrogens is 4. The van der Waals surface area contributed by atoms with Crippen LogP contribution in [0, 0.1) is 0 Å². The van der Waals surface area contributed by atoms with Crippen molar-refractivity contribution < 1.29 is 17.9 Å². The Balaban J connectivity index is 1.59. The zero-order chi connectivity index (χ0) is 24.6. The number of H-pyrrole nitrogens is 1. The molecule has 5 aromatic rings. The number of sulfone groups is 1. The summed E-state index contributed by atoms with van der Waals surface area (Å²) in [4.78, 5) is 24.9. The average molecular weight is 489 g/mol. The summed E-state index contributed by atoms with van der Waals surface area (Å²) in [5.74, 6) is 1.66. The molecule has 0 saturated carbocycles. The zero-order valence-electron chi connectivity index (χ0n) is 18.8. The number of hydrogen-bond donors (Lipinski definition) is 1. The Labute approximate surface area is 200 Å². The fourth-order valence-electron chi connectivity index (χ4n) is 3.45. The van der Waals surface area contributed by atoms with E-state index in [9.17, 15) is 13.2 Å². The quantitative estimate of drug-likeness (QED) is 0.378. The van der Waals surface area contributed by atoms with Crippen LogP contribution in [0.2, 0.25) is 0 Å². The molecular weight excluding hydrogens is 468 g/mol. The third-order valence-corrected chi connectivity index (χ3v) is 6.37. The molecule has 0 amide bonds. The molecule has 0 aliphatic heterocycles. The number of rotatable bonds is 6. The highest BCUT2D eigenvalue weighted by Crippen LogP contribution is 2.38. The molecule has 5 rings (SSSR count). The van der Waals surface area contributed by atoms with Crippen LogP contribution in [0.5, 0.6) is 23.0 Å². The summed E-state index contributed by atoms with van der Waals surface area (Å²) in [6, 6.07) is 18.2. The van der Waals surface area contributed by atoms with Crippen molar-refractivity contribution in [3.8, 4) is 34.5 Å². The summed E-state index contributed by atoms with van der Waals surface area (Å²) in [6.45, 7) is 0. The molecule has 3 heterocycles. The molecule has 0 saturated heterocycles. The molecule has 2 aromatic carbocycles. The summed E-state index contributed by atoms with van der Waals surface area (Å²) in [5.41, 5.74) is 1.61. The Morgan fingerprint density at radius 2 is 1.69 bits per heavy atom. The molecule has 0 bridgehead atoms. The monoisotopic (exact) mass is 488 g/mol. The Morgan fingerprint density at radius 3 is 2.40 bits per heavy atom. The van der Waals surface area contributed by atoms with Gasteiger partial charge >= 0.3 is 0 Å². The zero-order valence-corrected chi connectivity index (χ0v) is 19.6. The van der Waals surface area contributed by atoms with Crippen LogP contribution in [0.1, 0.15) is 0 Å². The van der Waals surface area contributed by atoms with Gasteiger partial charge in [-0.2, -0.15) is 0 Å². The van der Waals surface area contributed by atoms with Gasteiger partial charge in [0.2, 0.25) is 0 Å². The number of nitrogens with one attached hydrogen (secondary N) is 1. The molecular formula is C25H20N4O5S. The van der Waals surface area contributed by atoms with Crippen molar-refractivity contribution in [2.24, 2.45) is 7.05 Å². The predicted molar refractivity (Wildman–Crippen MR) is 131 cm³/mol. The SMILES string of the molecule is Cn1cccc(Oc2cc3nc(-c4ccccn4)[nH]c3cc2Oc2ccc(S(C)(=O)=O)cc2)c1=O. The van der Waals surface area contributed by atoms with E-state index in [2.05, 4.69) is 15.0 Å². The number of imidazole rings is 1. The number of fused-ring (bicyclic) bond motifs is 1. The van der Waals surface area contributed by atoms with Crippen molar-refractivity contribution in [2.75, 3.05) is 6.26 Å². The van der Waals surface area contributed by atoms with Crippen molar-refractivity contribution >= 4 is 20.9 Å². The van der Waals surface area contributed by atoms with Gasteiger partial charge in [0.25, 0.3) is 5.56 Å². The lowest BCUT2D eigenvalue weighted by Gasteiger charge is -2.13. The van der Waals surface area contributed by atoms with Gasteiger partial charge in [0.1, 0.15) is 11.4 Å². The van der Waals surface area contributed by atoms with Crippen LogP contribution in [0.15, 0.2) is 88.8 Å². The van der Waals surface area contributed by atoms with Crippen LogP contribution in [0.25, 0.3) is 22.6 Å². The predicted octanol–water partition coefficient (Wildman–Crippen LogP) is 4.31. The normalized spacial score (nSPS) is 11.5. The highest BCUT2D eigenvalue weighted by Gasteiger charge is 2.16. The van der Waals surface area contributed by atoms with Gasteiger partial charge in [-0.1, -0.05) is 6.07 Å². The fraction of sp³-hybridized carbons (Fsp3) is 0.0800. The molecule has 1 N–H and O–H groups in total. The molecule has 0 aliphatic rings. The lowest BCUT2D eigenvalue weighted by molar-refractivity contribution is 0.414. The van der Waals surface area contributed by atoms with Gasteiger partial charge in [-0.25, -0.2) is 13.4 Å². The van der Waals surface area contributed by atoms with Gasteiger partial charge in [0, 0.05) is 37.8 Å². The minimum Gasteiger partial charge on any atom is -0.453 e. The Kier molecular flexibility index (Phi) is 5.58. The van der Waals surface area contributed by atoms with Crippen LogP contribution >= 0.6 is 0 Å². The molecule has 0 fully saturated rings. The summed E-state index contributed by atoms with van der Waals surface area (Å²) in [7, 11) is -1.71. The molecule has 3 aromatic heterocycles. The van der Waals surface area contributed by atoms with E-state index >= 15 is 0 Å². The van der Waals surface area contributed by atoms with Crippen molar-refractivity contribution in [1.29, 1.82) is 0 Å². The Hall–Kier alpha value is -4.44. The molecule has 176 valence electrons. The molecule has 35 heavy (non-hydrogen) atoms. The Morgan fingerprint density at radius 1 is 0.914 bits per heavy atom. The largest absolute Gasteiger partial charge is 0.453 e. The summed E-state index contributed by atoms with van der Waals surface area (Å²) < 4.78 is 37.0. The van der Waals surface area contributed by atoms with E-state index in [1.807, 2.05) is 18.2 Å². The fourth-order valence-corrected chi connectivity index (χ4v) is 4.08. The van der Waals surface area contributed by atoms with E-state index in [4.69, 9.17) is 9.47 Å². The molecule has 0 unspecified atom stereocenters. The van der Waals surface area contributed by atoms with Crippen LogP contribution in [0.4, 0.5) is 0 Å². The van der Waals surface area contributed by atoms with Crippen LogP contribution in [0.3, 0.4) is 0 Å². The maximum atomic E-state index is 12.5. The van der Waals surface area contributed by atoms with Crippen molar-refractivity contribution in [3.05, 3.63) is 89.5 Å². The minimum atomic E-state index is -3.34. The van der Waals surface area contributed by atoms with Gasteiger partial charge < -0.3 is 19.0 Å². The standard InChI is InChI=1S/C25H20N4O5S/c1-29-13-5-7-21(25(29)30)34-23-15-20-19(27-24(28-20)18-6-3-4-12-26-18)14-22(23)33-16-8-10-17(11-9-16)35(2,31)32/h3-15H,1-2H3,(H,27,28). The molecule has 0 spiro atoms. The van der Waals surface area contributed by atoms with E-state index in [0.717, 1.165) is 6.26 Å². The van der Waals surface area contributed by atoms with E-state index in [0.29, 0.717) is 34.1 Å². The van der Waals surface area contributed by atoms with Gasteiger partial charge in [0.15, 0.2) is 32.9 Å². The summed E-state index contributed by atoms with van der Waals surface area (Å²) in [6.07, 6.45) is 4.45. The number of nitrogens with zero attached hydrogens (tertiary/aromatic N) is 3. The number of pyridine rings is 2. The van der Waals surface area contributed by atoms with Crippen LogP contribution < -0.4 is 15.0 Å². The first kappa shape index (κ1) is 22.4. The lowest BCUT2D eigenvalue weighted by atomic mass is 10.2. The van der Waals surface area contributed by atoms with Gasteiger partial charge in [-0.05, 0) is 48.5 Å². The highest BCUT2D eigenvalue weighted by atomic mass is 32.2. The molecule has 0 atom stereocenters. The highest BCUT2D eigenvalue weighted by molar-refractivity contribution is 7.90. The van der Waals surface area contributed by atoms with E-state index in [1.165, 1.54) is 16.7 Å². The van der Waals surface area contributed by atoms with E-state index in [1.54, 1.807) is 55.8 Å². The maximum Gasteiger partial charge on any atom is 0.293 e. The lowest BCUT2D eigenvalue weighted by Crippen LogP contribution is -2.16. The van der Waals surface area contributed by atoms with Crippen molar-refractivity contribution in [2.45, 2.75) is 4.90 Å². The second kappa shape index (κ2) is 8.73. The van der Waals surface area contributed by atoms with Crippen LogP contribution in [-0.4, -0.2) is 34.2 Å². The maximum absolute atomic E-state index is 12.5. The number of aromatic amines is 1. The van der Waals surface area contributed by atoms with Gasteiger partial charge in [0.05, 0.1) is 15.9 Å². The topological polar surface area (TPSA) is 116 Å². The molecule has 10 heteroatoms. The summed E-state index contributed by atoms with van der Waals surface area (Å²) >= 11 is 0. The average Bonchev–Trinajstić information content (AvgIpc) is 3.25. The summed E-state index contributed by atoms with van der Waals surface area (Å²) in [5, 5.41) is 0. The second-order valence-electron chi connectivity index (χ2n) is 7.85. The Bertz CT molecular complexity index is 1690. The van der Waals surface area contributed by atoms with Crippen LogP contribution in [-0.2, 0) is 16.9 Å². The molecule has 0 aliphatic carbocycles. The van der Waals surface area contributed by atoms with Crippen molar-refractivity contribution in [1.82, 2.24) is 19.5 Å². The minimum absolute atomic E-state index is 0.118. The van der Waals surface area contributed by atoms with Gasteiger partial charge in [-0.15, -0.1) is 0 Å². The molecule has 9 nitrogen and oxygen atoms in total. The van der Waals surface area contributed by atoms with E-state index < -0.39 is 9.84 Å². The van der Waals surface area contributed by atoms with Crippen molar-refractivity contribution in [3.63, 3.8) is 0 Å². The number of hydrogen-bond acceptors (Lipinski definition) is 7. The third-order valence-electron chi connectivity index (χ3n) is 5.24. The van der Waals surface area contributed by atoms with Gasteiger partial charge in [-0.3, -0.25) is 9.78 Å².